The fraction of sp³-hybridized carbons (Fsp3) is 0.136. The molecule has 2 aromatic carbocycles. The molecule has 0 radical (unpaired) electrons. The highest BCUT2D eigenvalue weighted by molar-refractivity contribution is 9.10. The fourth-order valence-corrected chi connectivity index (χ4v) is 4.47. The zero-order valence-electron chi connectivity index (χ0n) is 16.1. The molecule has 0 aliphatic carbocycles. The summed E-state index contributed by atoms with van der Waals surface area (Å²) in [5.74, 6) is -0.924. The Morgan fingerprint density at radius 3 is 2.63 bits per heavy atom. The van der Waals surface area contributed by atoms with Crippen LogP contribution < -0.4 is 5.32 Å². The number of thiophene rings is 1. The molecule has 1 N–H and O–H groups in total. The molecule has 152 valence electrons. The van der Waals surface area contributed by atoms with Crippen LogP contribution in [0.15, 0.2) is 65.1 Å². The summed E-state index contributed by atoms with van der Waals surface area (Å²) >= 11 is 4.68. The summed E-state index contributed by atoms with van der Waals surface area (Å²) in [5.41, 5.74) is 2.60. The van der Waals surface area contributed by atoms with Crippen molar-refractivity contribution in [3.05, 3.63) is 81.3 Å². The van der Waals surface area contributed by atoms with Gasteiger partial charge in [0.05, 0.1) is 17.9 Å². The number of rotatable bonds is 6. The first-order chi connectivity index (χ1) is 14.5. The highest BCUT2D eigenvalue weighted by Gasteiger charge is 2.18. The van der Waals surface area contributed by atoms with Crippen molar-refractivity contribution in [2.45, 2.75) is 13.5 Å². The van der Waals surface area contributed by atoms with Gasteiger partial charge in [0.25, 0.3) is 5.91 Å². The fourth-order valence-electron chi connectivity index (χ4n) is 3.03. The molecule has 0 saturated heterocycles. The number of fused-ring (bicyclic) bond motifs is 1. The molecule has 0 aliphatic rings. The average Bonchev–Trinajstić information content (AvgIpc) is 3.30. The maximum atomic E-state index is 12.5. The number of anilines is 1. The van der Waals surface area contributed by atoms with Crippen molar-refractivity contribution in [3.63, 3.8) is 0 Å². The first-order valence-electron chi connectivity index (χ1n) is 9.23. The molecule has 2 heterocycles. The first-order valence-corrected chi connectivity index (χ1v) is 10.8. The second kappa shape index (κ2) is 8.81. The molecule has 8 heteroatoms. The SMILES string of the molecule is Cc1nn(Cc2ccccc2)c2sc(C(=O)OCC(=O)Nc3ccccc3Br)cc12. The normalized spacial score (nSPS) is 10.9. The van der Waals surface area contributed by atoms with Crippen LogP contribution in [0, 0.1) is 6.92 Å². The predicted octanol–water partition coefficient (Wildman–Crippen LogP) is 5.01. The molecule has 0 fully saturated rings. The number of carbonyl (C=O) groups is 2. The van der Waals surface area contributed by atoms with Gasteiger partial charge in [-0.05, 0) is 46.6 Å². The highest BCUT2D eigenvalue weighted by Crippen LogP contribution is 2.29. The van der Waals surface area contributed by atoms with Gasteiger partial charge in [0, 0.05) is 9.86 Å². The van der Waals surface area contributed by atoms with Gasteiger partial charge in [-0.25, -0.2) is 4.79 Å². The number of halogens is 1. The van der Waals surface area contributed by atoms with Crippen LogP contribution in [0.3, 0.4) is 0 Å². The van der Waals surface area contributed by atoms with Crippen molar-refractivity contribution < 1.29 is 14.3 Å². The number of benzene rings is 2. The molecule has 4 aromatic rings. The van der Waals surface area contributed by atoms with E-state index in [0.29, 0.717) is 17.1 Å². The number of nitrogens with zero attached hydrogens (tertiary/aromatic N) is 2. The lowest BCUT2D eigenvalue weighted by Crippen LogP contribution is -2.20. The Hall–Kier alpha value is -2.97. The molecule has 0 saturated carbocycles. The number of amides is 1. The van der Waals surface area contributed by atoms with Gasteiger partial charge in [-0.1, -0.05) is 42.5 Å². The van der Waals surface area contributed by atoms with E-state index in [9.17, 15) is 9.59 Å². The van der Waals surface area contributed by atoms with Gasteiger partial charge in [0.15, 0.2) is 6.61 Å². The van der Waals surface area contributed by atoms with E-state index in [-0.39, 0.29) is 6.61 Å². The smallest absolute Gasteiger partial charge is 0.348 e. The Bertz CT molecular complexity index is 1220. The number of aryl methyl sites for hydroxylation is 1. The van der Waals surface area contributed by atoms with E-state index >= 15 is 0 Å². The van der Waals surface area contributed by atoms with Crippen molar-refractivity contribution in [2.24, 2.45) is 0 Å². The Balaban J connectivity index is 1.44. The molecule has 0 unspecified atom stereocenters. The van der Waals surface area contributed by atoms with Gasteiger partial charge in [0.1, 0.15) is 9.71 Å². The number of esters is 1. The number of aromatic nitrogens is 2. The molecule has 0 bridgehead atoms. The zero-order valence-corrected chi connectivity index (χ0v) is 18.5. The zero-order chi connectivity index (χ0) is 21.1. The van der Waals surface area contributed by atoms with Gasteiger partial charge in [-0.2, -0.15) is 5.10 Å². The standard InChI is InChI=1S/C22H18BrN3O3S/c1-14-16-11-19(30-21(16)26(25-14)12-15-7-3-2-4-8-15)22(28)29-13-20(27)24-18-10-6-5-9-17(18)23/h2-11H,12-13H2,1H3,(H,24,27). The molecule has 1 amide bonds. The molecule has 30 heavy (non-hydrogen) atoms. The van der Waals surface area contributed by atoms with Crippen LogP contribution in [0.5, 0.6) is 0 Å². The number of carbonyl (C=O) groups excluding carboxylic acids is 2. The number of hydrogen-bond donors (Lipinski definition) is 1. The van der Waals surface area contributed by atoms with Crippen LogP contribution in [0.4, 0.5) is 5.69 Å². The molecular weight excluding hydrogens is 466 g/mol. The summed E-state index contributed by atoms with van der Waals surface area (Å²) < 4.78 is 7.86. The second-order valence-electron chi connectivity index (χ2n) is 6.66. The van der Waals surface area contributed by atoms with E-state index in [1.54, 1.807) is 12.1 Å². The summed E-state index contributed by atoms with van der Waals surface area (Å²) in [5, 5.41) is 8.21. The van der Waals surface area contributed by atoms with Crippen molar-refractivity contribution in [1.82, 2.24) is 9.78 Å². The molecule has 6 nitrogen and oxygen atoms in total. The third-order valence-electron chi connectivity index (χ3n) is 4.47. The molecule has 4 rings (SSSR count). The molecule has 0 spiro atoms. The molecule has 2 aromatic heterocycles. The van der Waals surface area contributed by atoms with Crippen molar-refractivity contribution in [3.8, 4) is 0 Å². The minimum absolute atomic E-state index is 0.358. The van der Waals surface area contributed by atoms with Gasteiger partial charge in [0.2, 0.25) is 0 Å². The Kier molecular flexibility index (Phi) is 5.96. The first kappa shape index (κ1) is 20.3. The van der Waals surface area contributed by atoms with E-state index in [1.165, 1.54) is 11.3 Å². The van der Waals surface area contributed by atoms with E-state index in [2.05, 4.69) is 26.3 Å². The third kappa shape index (κ3) is 4.44. The summed E-state index contributed by atoms with van der Waals surface area (Å²) in [6.45, 7) is 2.18. The molecule has 0 aliphatic heterocycles. The Labute approximate surface area is 185 Å². The number of hydrogen-bond acceptors (Lipinski definition) is 5. The maximum Gasteiger partial charge on any atom is 0.348 e. The second-order valence-corrected chi connectivity index (χ2v) is 8.55. The third-order valence-corrected chi connectivity index (χ3v) is 6.29. The van der Waals surface area contributed by atoms with Crippen LogP contribution in [-0.2, 0) is 16.1 Å². The van der Waals surface area contributed by atoms with Crippen molar-refractivity contribution in [1.29, 1.82) is 0 Å². The largest absolute Gasteiger partial charge is 0.451 e. The molecule has 0 atom stereocenters. The van der Waals surface area contributed by atoms with E-state index < -0.39 is 11.9 Å². The lowest BCUT2D eigenvalue weighted by atomic mass is 10.2. The maximum absolute atomic E-state index is 12.5. The summed E-state index contributed by atoms with van der Waals surface area (Å²) in [6, 6.07) is 19.0. The monoisotopic (exact) mass is 483 g/mol. The number of para-hydroxylation sites is 1. The van der Waals surface area contributed by atoms with Gasteiger partial charge in [-0.15, -0.1) is 11.3 Å². The average molecular weight is 484 g/mol. The molecular formula is C22H18BrN3O3S. The summed E-state index contributed by atoms with van der Waals surface area (Å²) in [6.07, 6.45) is 0. The minimum Gasteiger partial charge on any atom is -0.451 e. The Morgan fingerprint density at radius 1 is 1.13 bits per heavy atom. The lowest BCUT2D eigenvalue weighted by molar-refractivity contribution is -0.119. The van der Waals surface area contributed by atoms with Crippen LogP contribution in [0.1, 0.15) is 20.9 Å². The van der Waals surface area contributed by atoms with Crippen molar-refractivity contribution >= 4 is 55.0 Å². The predicted molar refractivity (Wildman–Crippen MR) is 121 cm³/mol. The topological polar surface area (TPSA) is 73.2 Å². The van der Waals surface area contributed by atoms with E-state index in [0.717, 1.165) is 25.9 Å². The van der Waals surface area contributed by atoms with E-state index in [4.69, 9.17) is 4.74 Å². The van der Waals surface area contributed by atoms with Gasteiger partial charge in [-0.3, -0.25) is 9.48 Å². The van der Waals surface area contributed by atoms with Crippen LogP contribution >= 0.6 is 27.3 Å². The number of ether oxygens (including phenoxy) is 1. The minimum atomic E-state index is -0.524. The highest BCUT2D eigenvalue weighted by atomic mass is 79.9. The number of nitrogens with one attached hydrogen (secondary N) is 1. The Morgan fingerprint density at radius 2 is 1.87 bits per heavy atom. The summed E-state index contributed by atoms with van der Waals surface area (Å²) in [7, 11) is 0. The summed E-state index contributed by atoms with van der Waals surface area (Å²) in [4.78, 5) is 25.9. The van der Waals surface area contributed by atoms with Gasteiger partial charge < -0.3 is 10.1 Å². The van der Waals surface area contributed by atoms with Crippen LogP contribution in [0.2, 0.25) is 0 Å². The van der Waals surface area contributed by atoms with Crippen molar-refractivity contribution in [2.75, 3.05) is 11.9 Å². The lowest BCUT2D eigenvalue weighted by Gasteiger charge is -2.07. The van der Waals surface area contributed by atoms with Crippen LogP contribution in [-0.4, -0.2) is 28.3 Å². The van der Waals surface area contributed by atoms with E-state index in [1.807, 2.05) is 60.1 Å². The quantitative estimate of drug-likeness (QED) is 0.391. The van der Waals surface area contributed by atoms with Gasteiger partial charge >= 0.3 is 5.97 Å². The van der Waals surface area contributed by atoms with Crippen LogP contribution in [0.25, 0.3) is 10.2 Å².